The van der Waals surface area contributed by atoms with E-state index in [0.717, 1.165) is 46.3 Å². The molecule has 0 spiro atoms. The Morgan fingerprint density at radius 3 is 2.35 bits per heavy atom. The molecule has 1 amide bonds. The highest BCUT2D eigenvalue weighted by Crippen LogP contribution is 2.49. The van der Waals surface area contributed by atoms with Crippen molar-refractivity contribution in [1.82, 2.24) is 4.90 Å². The number of hydrogen-bond donors (Lipinski definition) is 2. The number of nitrogens with zero attached hydrogens (tertiary/aromatic N) is 1. The van der Waals surface area contributed by atoms with Crippen molar-refractivity contribution in [2.24, 2.45) is 5.92 Å². The maximum Gasteiger partial charge on any atom is 0.309 e. The van der Waals surface area contributed by atoms with Crippen molar-refractivity contribution in [3.63, 3.8) is 0 Å². The molecule has 0 saturated carbocycles. The summed E-state index contributed by atoms with van der Waals surface area (Å²) < 4.78 is 27.6. The molecule has 3 aromatic carbocycles. The second-order valence-corrected chi connectivity index (χ2v) is 11.6. The first-order valence-corrected chi connectivity index (χ1v) is 15.9. The number of benzene rings is 3. The number of ether oxygens (including phenoxy) is 5. The number of amides is 1. The van der Waals surface area contributed by atoms with Gasteiger partial charge in [-0.15, -0.1) is 0 Å². The van der Waals surface area contributed by atoms with Crippen molar-refractivity contribution < 1.29 is 38.4 Å². The molecule has 246 valence electrons. The summed E-state index contributed by atoms with van der Waals surface area (Å²) in [5, 5.41) is 13.9. The summed E-state index contributed by atoms with van der Waals surface area (Å²) >= 11 is 0. The molecule has 0 bridgehead atoms. The van der Waals surface area contributed by atoms with Gasteiger partial charge in [-0.2, -0.15) is 0 Å². The fourth-order valence-electron chi connectivity index (χ4n) is 6.63. The fraction of sp³-hybridized carbons (Fsp3) is 0.444. The number of anilines is 1. The van der Waals surface area contributed by atoms with Crippen LogP contribution < -0.4 is 19.5 Å². The van der Waals surface area contributed by atoms with Crippen LogP contribution in [0.1, 0.15) is 53.6 Å². The molecular formula is C36H44N2O8. The van der Waals surface area contributed by atoms with E-state index in [1.807, 2.05) is 66.4 Å². The predicted molar refractivity (Wildman–Crippen MR) is 174 cm³/mol. The topological polar surface area (TPSA) is 116 Å². The molecule has 10 heteroatoms. The van der Waals surface area contributed by atoms with Gasteiger partial charge in [0.25, 0.3) is 0 Å². The molecule has 2 aliphatic heterocycles. The minimum absolute atomic E-state index is 0.0345. The molecule has 2 N–H and O–H groups in total. The third-order valence-electron chi connectivity index (χ3n) is 8.87. The zero-order chi connectivity index (χ0) is 32.6. The molecular weight excluding hydrogens is 588 g/mol. The number of carboxylic acids is 1. The Kier molecular flexibility index (Phi) is 11.2. The zero-order valence-corrected chi connectivity index (χ0v) is 27.0. The molecule has 2 aliphatic rings. The minimum Gasteiger partial charge on any atom is -0.491 e. The molecule has 1 unspecified atom stereocenters. The number of rotatable bonds is 15. The van der Waals surface area contributed by atoms with Crippen LogP contribution in [0.5, 0.6) is 17.2 Å². The van der Waals surface area contributed by atoms with E-state index in [0.29, 0.717) is 50.2 Å². The van der Waals surface area contributed by atoms with Gasteiger partial charge in [-0.05, 0) is 65.8 Å². The number of fused-ring (bicyclic) bond motifs is 1. The summed E-state index contributed by atoms with van der Waals surface area (Å²) in [5.41, 5.74) is 5.52. The number of carbonyl (C=O) groups excluding carboxylic acids is 1. The normalized spacial score (nSPS) is 18.9. The first-order valence-electron chi connectivity index (χ1n) is 15.9. The molecule has 1 saturated heterocycles. The van der Waals surface area contributed by atoms with Crippen LogP contribution in [0.4, 0.5) is 5.69 Å². The largest absolute Gasteiger partial charge is 0.491 e. The minimum atomic E-state index is -0.923. The van der Waals surface area contributed by atoms with E-state index < -0.39 is 17.9 Å². The van der Waals surface area contributed by atoms with Crippen molar-refractivity contribution in [3.05, 3.63) is 82.4 Å². The second kappa shape index (κ2) is 15.4. The lowest BCUT2D eigenvalue weighted by Gasteiger charge is -2.27. The number of nitrogens with one attached hydrogen (secondary N) is 1. The number of carboxylic acid groups (broad SMARTS) is 1. The van der Waals surface area contributed by atoms with Crippen molar-refractivity contribution in [1.29, 1.82) is 0 Å². The van der Waals surface area contributed by atoms with Crippen molar-refractivity contribution in [2.75, 3.05) is 58.7 Å². The van der Waals surface area contributed by atoms with Crippen LogP contribution in [-0.4, -0.2) is 75.3 Å². The summed E-state index contributed by atoms with van der Waals surface area (Å²) in [5.74, 6) is -0.361. The van der Waals surface area contributed by atoms with E-state index in [9.17, 15) is 14.7 Å². The van der Waals surface area contributed by atoms with Crippen LogP contribution in [0.15, 0.2) is 54.6 Å². The van der Waals surface area contributed by atoms with Gasteiger partial charge in [0.2, 0.25) is 12.7 Å². The highest BCUT2D eigenvalue weighted by atomic mass is 16.7. The number of hydrogen-bond acceptors (Lipinski definition) is 8. The zero-order valence-electron chi connectivity index (χ0n) is 27.0. The molecule has 0 aliphatic carbocycles. The van der Waals surface area contributed by atoms with E-state index in [-0.39, 0.29) is 25.2 Å². The monoisotopic (exact) mass is 632 g/mol. The average molecular weight is 633 g/mol. The third-order valence-corrected chi connectivity index (χ3v) is 8.87. The van der Waals surface area contributed by atoms with Gasteiger partial charge < -0.3 is 34.1 Å². The van der Waals surface area contributed by atoms with E-state index in [1.54, 1.807) is 7.11 Å². The Balaban J connectivity index is 1.43. The van der Waals surface area contributed by atoms with E-state index in [4.69, 9.17) is 23.7 Å². The molecule has 3 atom stereocenters. The Bertz CT molecular complexity index is 1490. The van der Waals surface area contributed by atoms with Gasteiger partial charge in [0.1, 0.15) is 12.4 Å². The van der Waals surface area contributed by atoms with Crippen LogP contribution in [-0.2, 0) is 31.9 Å². The molecule has 1 fully saturated rings. The number of para-hydroxylation sites is 1. The number of carbonyl (C=O) groups is 2. The van der Waals surface area contributed by atoms with Gasteiger partial charge >= 0.3 is 5.97 Å². The van der Waals surface area contributed by atoms with Gasteiger partial charge in [0.15, 0.2) is 11.5 Å². The molecule has 0 radical (unpaired) electrons. The standard InChI is InChI=1S/C36H44N2O8/c1-5-24-8-7-9-25(6-2)33(24)37-31(39)21-38-20-29(28-14-15-30-35(23(28)3)46-22-45-30)32(36(40)41)34(38)26-10-12-27(13-11-26)44-19-18-43-17-16-42-4/h7-15,29,32,34H,5-6,16-22H2,1-4H3,(H,37,39)(H,40,41)/t29-,32?,34+/m1/s1. The number of likely N-dealkylation sites (tertiary alicyclic amines) is 1. The maximum atomic E-state index is 13.7. The summed E-state index contributed by atoms with van der Waals surface area (Å²) in [6.45, 7) is 8.43. The summed E-state index contributed by atoms with van der Waals surface area (Å²) in [7, 11) is 1.63. The van der Waals surface area contributed by atoms with Crippen LogP contribution in [0.25, 0.3) is 0 Å². The lowest BCUT2D eigenvalue weighted by molar-refractivity contribution is -0.143. The van der Waals surface area contributed by atoms with Crippen molar-refractivity contribution in [2.45, 2.75) is 45.6 Å². The van der Waals surface area contributed by atoms with Gasteiger partial charge in [-0.1, -0.05) is 50.2 Å². The SMILES string of the molecule is CCc1cccc(CC)c1NC(=O)CN1C[C@H](c2ccc3c(c2C)OCO3)C(C(=O)O)[C@@H]1c1ccc(OCCOCCOC)cc1. The van der Waals surface area contributed by atoms with Crippen molar-refractivity contribution in [3.8, 4) is 17.2 Å². The second-order valence-electron chi connectivity index (χ2n) is 11.6. The smallest absolute Gasteiger partial charge is 0.309 e. The van der Waals surface area contributed by atoms with Gasteiger partial charge in [-0.3, -0.25) is 14.5 Å². The Morgan fingerprint density at radius 1 is 0.957 bits per heavy atom. The van der Waals surface area contributed by atoms with Crippen LogP contribution in [0, 0.1) is 12.8 Å². The van der Waals surface area contributed by atoms with E-state index >= 15 is 0 Å². The molecule has 0 aromatic heterocycles. The van der Waals surface area contributed by atoms with Crippen LogP contribution in [0.3, 0.4) is 0 Å². The average Bonchev–Trinajstić information content (AvgIpc) is 3.69. The van der Waals surface area contributed by atoms with Crippen LogP contribution in [0.2, 0.25) is 0 Å². The van der Waals surface area contributed by atoms with Gasteiger partial charge in [0.05, 0.1) is 32.3 Å². The quantitative estimate of drug-likeness (QED) is 0.213. The molecule has 46 heavy (non-hydrogen) atoms. The molecule has 2 heterocycles. The Hall–Kier alpha value is -4.12. The molecule has 5 rings (SSSR count). The van der Waals surface area contributed by atoms with Gasteiger partial charge in [0, 0.05) is 31.3 Å². The highest BCUT2D eigenvalue weighted by Gasteiger charge is 2.48. The summed E-state index contributed by atoms with van der Waals surface area (Å²) in [6, 6.07) is 16.7. The number of aliphatic carboxylic acids is 1. The third kappa shape index (κ3) is 7.30. The number of methoxy groups -OCH3 is 1. The first-order chi connectivity index (χ1) is 22.4. The van der Waals surface area contributed by atoms with Gasteiger partial charge in [-0.25, -0.2) is 0 Å². The van der Waals surface area contributed by atoms with Crippen molar-refractivity contribution >= 4 is 17.6 Å². The maximum absolute atomic E-state index is 13.7. The van der Waals surface area contributed by atoms with E-state index in [1.165, 1.54) is 0 Å². The van der Waals surface area contributed by atoms with Crippen LogP contribution >= 0.6 is 0 Å². The predicted octanol–water partition coefficient (Wildman–Crippen LogP) is 5.37. The number of aryl methyl sites for hydroxylation is 2. The highest BCUT2D eigenvalue weighted by molar-refractivity contribution is 5.94. The first kappa shape index (κ1) is 33.2. The lowest BCUT2D eigenvalue weighted by Crippen LogP contribution is -2.35. The Morgan fingerprint density at radius 2 is 1.67 bits per heavy atom. The molecule has 10 nitrogen and oxygen atoms in total. The summed E-state index contributed by atoms with van der Waals surface area (Å²) in [6.07, 6.45) is 1.58. The lowest BCUT2D eigenvalue weighted by atomic mass is 9.81. The van der Waals surface area contributed by atoms with E-state index in [2.05, 4.69) is 19.2 Å². The Labute approximate surface area is 270 Å². The molecule has 3 aromatic rings. The fourth-order valence-corrected chi connectivity index (χ4v) is 6.63. The summed E-state index contributed by atoms with van der Waals surface area (Å²) in [4.78, 5) is 28.8.